The number of halogens is 1. The Labute approximate surface area is 123 Å². The molecule has 100 valence electrons. The molecule has 0 aliphatic carbocycles. The van der Waals surface area contributed by atoms with Gasteiger partial charge in [-0.2, -0.15) is 4.68 Å². The minimum Gasteiger partial charge on any atom is -0.508 e. The van der Waals surface area contributed by atoms with E-state index < -0.39 is 0 Å². The summed E-state index contributed by atoms with van der Waals surface area (Å²) in [7, 11) is 0. The van der Waals surface area contributed by atoms with Gasteiger partial charge in [0.15, 0.2) is 0 Å². The van der Waals surface area contributed by atoms with Crippen molar-refractivity contribution < 1.29 is 5.11 Å². The summed E-state index contributed by atoms with van der Waals surface area (Å²) in [5.74, 6) is 0.190. The van der Waals surface area contributed by atoms with E-state index in [0.29, 0.717) is 10.2 Å². The van der Waals surface area contributed by atoms with Crippen LogP contribution < -0.4 is 0 Å². The average Bonchev–Trinajstić information content (AvgIpc) is 2.90. The predicted molar refractivity (Wildman–Crippen MR) is 74.2 cm³/mol. The van der Waals surface area contributed by atoms with Gasteiger partial charge in [-0.05, 0) is 58.6 Å². The third kappa shape index (κ3) is 2.73. The van der Waals surface area contributed by atoms with Crippen molar-refractivity contribution in [1.82, 2.24) is 25.2 Å². The quantitative estimate of drug-likeness (QED) is 0.801. The number of pyridine rings is 1. The highest BCUT2D eigenvalue weighted by atomic mass is 35.5. The first-order valence-corrected chi connectivity index (χ1v) is 6.79. The van der Waals surface area contributed by atoms with E-state index in [1.54, 1.807) is 47.3 Å². The molecule has 0 amide bonds. The van der Waals surface area contributed by atoms with E-state index in [0.717, 1.165) is 10.7 Å². The fourth-order valence-electron chi connectivity index (χ4n) is 1.51. The van der Waals surface area contributed by atoms with E-state index in [1.165, 1.54) is 11.8 Å². The Hall–Kier alpha value is -2.12. The van der Waals surface area contributed by atoms with Gasteiger partial charge in [-0.1, -0.05) is 11.6 Å². The molecule has 0 aliphatic heterocycles. The van der Waals surface area contributed by atoms with Crippen LogP contribution in [0.2, 0.25) is 5.02 Å². The molecular formula is C12H8ClN5OS. The van der Waals surface area contributed by atoms with Crippen LogP contribution in [0.25, 0.3) is 5.69 Å². The number of aromatic hydroxyl groups is 1. The number of phenols is 1. The van der Waals surface area contributed by atoms with Crippen LogP contribution in [0.4, 0.5) is 0 Å². The van der Waals surface area contributed by atoms with Crippen molar-refractivity contribution in [2.24, 2.45) is 0 Å². The van der Waals surface area contributed by atoms with Crippen molar-refractivity contribution in [3.05, 3.63) is 47.6 Å². The van der Waals surface area contributed by atoms with Gasteiger partial charge >= 0.3 is 0 Å². The van der Waals surface area contributed by atoms with Crippen molar-refractivity contribution in [3.63, 3.8) is 0 Å². The number of hydrogen-bond donors (Lipinski definition) is 1. The lowest BCUT2D eigenvalue weighted by atomic mass is 10.3. The number of tetrazole rings is 1. The summed E-state index contributed by atoms with van der Waals surface area (Å²) in [5, 5.41) is 22.7. The van der Waals surface area contributed by atoms with Gasteiger partial charge < -0.3 is 5.11 Å². The fourth-order valence-corrected chi connectivity index (χ4v) is 2.36. The average molecular weight is 306 g/mol. The largest absolute Gasteiger partial charge is 0.508 e. The van der Waals surface area contributed by atoms with Gasteiger partial charge in [0.2, 0.25) is 5.16 Å². The Kier molecular flexibility index (Phi) is 3.53. The maximum absolute atomic E-state index is 9.30. The molecule has 1 aromatic carbocycles. The third-order valence-electron chi connectivity index (χ3n) is 2.43. The molecule has 2 aromatic heterocycles. The summed E-state index contributed by atoms with van der Waals surface area (Å²) >= 11 is 7.12. The molecule has 0 saturated heterocycles. The van der Waals surface area contributed by atoms with Crippen molar-refractivity contribution >= 4 is 23.4 Å². The number of nitrogens with zero attached hydrogens (tertiary/aromatic N) is 5. The van der Waals surface area contributed by atoms with E-state index in [-0.39, 0.29) is 5.75 Å². The molecular weight excluding hydrogens is 298 g/mol. The molecule has 3 aromatic rings. The van der Waals surface area contributed by atoms with Gasteiger partial charge in [-0.3, -0.25) is 0 Å². The Morgan fingerprint density at radius 2 is 1.90 bits per heavy atom. The molecule has 0 unspecified atom stereocenters. The first-order chi connectivity index (χ1) is 9.72. The third-order valence-corrected chi connectivity index (χ3v) is 3.54. The van der Waals surface area contributed by atoms with Gasteiger partial charge in [0.1, 0.15) is 10.8 Å². The van der Waals surface area contributed by atoms with Crippen molar-refractivity contribution in [3.8, 4) is 11.4 Å². The van der Waals surface area contributed by atoms with Crippen LogP contribution in [0.3, 0.4) is 0 Å². The second-order valence-corrected chi connectivity index (χ2v) is 5.23. The van der Waals surface area contributed by atoms with Crippen LogP contribution in [0.5, 0.6) is 5.75 Å². The lowest BCUT2D eigenvalue weighted by molar-refractivity contribution is 0.475. The standard InChI is InChI=1S/C12H8ClN5OS/c13-8-1-6-11(14-7-8)20-12-15-16-17-18(12)9-2-4-10(19)5-3-9/h1-7,19H. The summed E-state index contributed by atoms with van der Waals surface area (Å²) < 4.78 is 1.57. The van der Waals surface area contributed by atoms with Crippen LogP contribution >= 0.6 is 23.4 Å². The number of phenolic OH excluding ortho intramolecular Hbond substituents is 1. The van der Waals surface area contributed by atoms with Gasteiger partial charge in [0, 0.05) is 6.20 Å². The van der Waals surface area contributed by atoms with E-state index >= 15 is 0 Å². The van der Waals surface area contributed by atoms with Crippen LogP contribution in [-0.2, 0) is 0 Å². The molecule has 20 heavy (non-hydrogen) atoms. The Morgan fingerprint density at radius 1 is 1.10 bits per heavy atom. The second kappa shape index (κ2) is 5.48. The first kappa shape index (κ1) is 12.9. The molecule has 8 heteroatoms. The zero-order chi connectivity index (χ0) is 13.9. The molecule has 0 saturated carbocycles. The highest BCUT2D eigenvalue weighted by Gasteiger charge is 2.10. The normalized spacial score (nSPS) is 10.7. The monoisotopic (exact) mass is 305 g/mol. The molecule has 6 nitrogen and oxygen atoms in total. The topological polar surface area (TPSA) is 76.7 Å². The summed E-state index contributed by atoms with van der Waals surface area (Å²) in [4.78, 5) is 4.18. The second-order valence-electron chi connectivity index (χ2n) is 3.81. The van der Waals surface area contributed by atoms with Gasteiger partial charge in [0.05, 0.1) is 10.7 Å². The minimum atomic E-state index is 0.190. The first-order valence-electron chi connectivity index (χ1n) is 5.59. The number of hydrogen-bond acceptors (Lipinski definition) is 6. The molecule has 0 radical (unpaired) electrons. The number of rotatable bonds is 3. The highest BCUT2D eigenvalue weighted by molar-refractivity contribution is 7.99. The van der Waals surface area contributed by atoms with Crippen LogP contribution in [0.15, 0.2) is 52.8 Å². The van der Waals surface area contributed by atoms with Gasteiger partial charge in [0.25, 0.3) is 0 Å². The van der Waals surface area contributed by atoms with Gasteiger partial charge in [-0.25, -0.2) is 4.98 Å². The zero-order valence-electron chi connectivity index (χ0n) is 10.0. The fraction of sp³-hybridized carbons (Fsp3) is 0. The molecule has 0 atom stereocenters. The molecule has 0 bridgehead atoms. The van der Waals surface area contributed by atoms with E-state index in [2.05, 4.69) is 20.5 Å². The van der Waals surface area contributed by atoms with Gasteiger partial charge in [-0.15, -0.1) is 5.10 Å². The van der Waals surface area contributed by atoms with E-state index in [1.807, 2.05) is 0 Å². The highest BCUT2D eigenvalue weighted by Crippen LogP contribution is 2.26. The molecule has 0 fully saturated rings. The summed E-state index contributed by atoms with van der Waals surface area (Å²) in [6.45, 7) is 0. The van der Waals surface area contributed by atoms with E-state index in [9.17, 15) is 5.11 Å². The number of benzene rings is 1. The molecule has 1 N–H and O–H groups in total. The SMILES string of the molecule is Oc1ccc(-n2nnnc2Sc2ccc(Cl)cn2)cc1. The Balaban J connectivity index is 1.90. The Morgan fingerprint density at radius 3 is 2.60 bits per heavy atom. The van der Waals surface area contributed by atoms with Crippen LogP contribution in [-0.4, -0.2) is 30.3 Å². The molecule has 0 spiro atoms. The molecule has 3 rings (SSSR count). The maximum atomic E-state index is 9.30. The minimum absolute atomic E-state index is 0.190. The molecule has 0 aliphatic rings. The Bertz CT molecular complexity index is 713. The predicted octanol–water partition coefficient (Wildman–Crippen LogP) is 2.57. The van der Waals surface area contributed by atoms with Crippen molar-refractivity contribution in [1.29, 1.82) is 0 Å². The van der Waals surface area contributed by atoms with Crippen LogP contribution in [0.1, 0.15) is 0 Å². The smallest absolute Gasteiger partial charge is 0.220 e. The van der Waals surface area contributed by atoms with Crippen molar-refractivity contribution in [2.45, 2.75) is 10.2 Å². The summed E-state index contributed by atoms with van der Waals surface area (Å²) in [5.41, 5.74) is 0.754. The summed E-state index contributed by atoms with van der Waals surface area (Å²) in [6, 6.07) is 10.2. The zero-order valence-corrected chi connectivity index (χ0v) is 11.6. The number of aromatic nitrogens is 5. The summed E-state index contributed by atoms with van der Waals surface area (Å²) in [6.07, 6.45) is 1.57. The lowest BCUT2D eigenvalue weighted by Crippen LogP contribution is -1.98. The lowest BCUT2D eigenvalue weighted by Gasteiger charge is -2.03. The maximum Gasteiger partial charge on any atom is 0.220 e. The molecule has 2 heterocycles. The van der Waals surface area contributed by atoms with E-state index in [4.69, 9.17) is 11.6 Å². The van der Waals surface area contributed by atoms with Crippen molar-refractivity contribution in [2.75, 3.05) is 0 Å². The van der Waals surface area contributed by atoms with Crippen LogP contribution in [0, 0.1) is 0 Å².